The molecule has 1 aliphatic rings. The van der Waals surface area contributed by atoms with Gasteiger partial charge in [-0.15, -0.1) is 0 Å². The number of carbonyl (C=O) groups excluding carboxylic acids is 2. The van der Waals surface area contributed by atoms with E-state index in [4.69, 9.17) is 5.73 Å². The van der Waals surface area contributed by atoms with Crippen LogP contribution in [-0.2, 0) is 17.1 Å². The highest BCUT2D eigenvalue weighted by atomic mass is 19.4. The number of nitrogens with zero attached hydrogens (tertiary/aromatic N) is 4. The fourth-order valence-electron chi connectivity index (χ4n) is 3.17. The van der Waals surface area contributed by atoms with Crippen LogP contribution in [-0.4, -0.2) is 44.6 Å². The molecule has 3 rings (SSSR count). The standard InChI is InChI=1S/C17H15F6N5O2/c18-16(19,20)10-1-2-12(25-7-10)28-13(17(21,22)23)11(8-26-28)15(30)27-5-3-9(4-6-27)14(24)29/h1-2,7-9H,3-6H2,(H2,24,29). The second kappa shape index (κ2) is 7.61. The molecule has 3 heterocycles. The minimum absolute atomic E-state index is 0.0352. The van der Waals surface area contributed by atoms with Crippen molar-refractivity contribution in [1.29, 1.82) is 0 Å². The van der Waals surface area contributed by atoms with Gasteiger partial charge in [0.25, 0.3) is 5.91 Å². The predicted octanol–water partition coefficient (Wildman–Crippen LogP) is 2.64. The summed E-state index contributed by atoms with van der Waals surface area (Å²) in [4.78, 5) is 28.4. The number of piperidine rings is 1. The molecule has 13 heteroatoms. The summed E-state index contributed by atoms with van der Waals surface area (Å²) in [5.74, 6) is -2.49. The lowest BCUT2D eigenvalue weighted by Gasteiger charge is -2.30. The Morgan fingerprint density at radius 2 is 1.63 bits per heavy atom. The first-order valence-corrected chi connectivity index (χ1v) is 8.67. The van der Waals surface area contributed by atoms with Crippen LogP contribution in [0.5, 0.6) is 0 Å². The molecule has 0 spiro atoms. The van der Waals surface area contributed by atoms with Gasteiger partial charge in [0.05, 0.1) is 17.3 Å². The number of rotatable bonds is 3. The van der Waals surface area contributed by atoms with Gasteiger partial charge in [-0.05, 0) is 25.0 Å². The second-order valence-electron chi connectivity index (χ2n) is 6.69. The Balaban J connectivity index is 1.93. The predicted molar refractivity (Wildman–Crippen MR) is 89.2 cm³/mol. The van der Waals surface area contributed by atoms with E-state index in [-0.39, 0.29) is 30.6 Å². The fraction of sp³-hybridized carbons (Fsp3) is 0.412. The zero-order valence-electron chi connectivity index (χ0n) is 15.2. The van der Waals surface area contributed by atoms with E-state index in [2.05, 4.69) is 10.1 Å². The number of pyridine rings is 1. The minimum atomic E-state index is -5.03. The van der Waals surface area contributed by atoms with Crippen LogP contribution in [0.2, 0.25) is 0 Å². The Kier molecular flexibility index (Phi) is 5.48. The molecule has 2 aromatic heterocycles. The molecule has 0 saturated carbocycles. The van der Waals surface area contributed by atoms with Crippen molar-refractivity contribution in [3.63, 3.8) is 0 Å². The number of hydrogen-bond acceptors (Lipinski definition) is 4. The normalized spacial score (nSPS) is 16.0. The summed E-state index contributed by atoms with van der Waals surface area (Å²) < 4.78 is 79.3. The van der Waals surface area contributed by atoms with Crippen molar-refractivity contribution >= 4 is 11.8 Å². The van der Waals surface area contributed by atoms with Crippen molar-refractivity contribution in [1.82, 2.24) is 19.7 Å². The topological polar surface area (TPSA) is 94.1 Å². The van der Waals surface area contributed by atoms with Gasteiger partial charge >= 0.3 is 12.4 Å². The van der Waals surface area contributed by atoms with Gasteiger partial charge in [-0.2, -0.15) is 31.4 Å². The number of carbonyl (C=O) groups is 2. The Hall–Kier alpha value is -3.12. The minimum Gasteiger partial charge on any atom is -0.369 e. The average Bonchev–Trinajstić information content (AvgIpc) is 3.12. The lowest BCUT2D eigenvalue weighted by atomic mass is 9.96. The largest absolute Gasteiger partial charge is 0.434 e. The van der Waals surface area contributed by atoms with Crippen LogP contribution < -0.4 is 5.73 Å². The molecule has 1 fully saturated rings. The van der Waals surface area contributed by atoms with E-state index in [1.807, 2.05) is 0 Å². The summed E-state index contributed by atoms with van der Waals surface area (Å²) in [6, 6.07) is 1.30. The first-order valence-electron chi connectivity index (χ1n) is 8.67. The molecule has 30 heavy (non-hydrogen) atoms. The third-order valence-electron chi connectivity index (χ3n) is 4.74. The van der Waals surface area contributed by atoms with Gasteiger partial charge < -0.3 is 10.6 Å². The van der Waals surface area contributed by atoms with Crippen molar-refractivity contribution in [2.75, 3.05) is 13.1 Å². The van der Waals surface area contributed by atoms with Crippen LogP contribution in [0.15, 0.2) is 24.5 Å². The van der Waals surface area contributed by atoms with E-state index in [1.54, 1.807) is 0 Å². The first kappa shape index (κ1) is 21.6. The number of alkyl halides is 6. The number of amides is 2. The number of nitrogens with two attached hydrogens (primary N) is 1. The van der Waals surface area contributed by atoms with Crippen molar-refractivity contribution in [3.05, 3.63) is 41.3 Å². The van der Waals surface area contributed by atoms with Gasteiger partial charge in [0.1, 0.15) is 0 Å². The molecule has 0 aromatic carbocycles. The Bertz CT molecular complexity index is 943. The molecule has 0 unspecified atom stereocenters. The maximum Gasteiger partial charge on any atom is 0.434 e. The molecule has 0 atom stereocenters. The van der Waals surface area contributed by atoms with Gasteiger partial charge in [0, 0.05) is 25.2 Å². The number of aromatic nitrogens is 3. The van der Waals surface area contributed by atoms with Crippen LogP contribution in [0, 0.1) is 5.92 Å². The molecule has 7 nitrogen and oxygen atoms in total. The van der Waals surface area contributed by atoms with Gasteiger partial charge in [-0.3, -0.25) is 9.59 Å². The zero-order chi connectivity index (χ0) is 22.3. The third-order valence-corrected chi connectivity index (χ3v) is 4.74. The highest BCUT2D eigenvalue weighted by Crippen LogP contribution is 2.35. The maximum absolute atomic E-state index is 13.7. The molecule has 1 aliphatic heterocycles. The van der Waals surface area contributed by atoms with Crippen LogP contribution in [0.1, 0.15) is 34.5 Å². The van der Waals surface area contributed by atoms with E-state index in [1.165, 1.54) is 0 Å². The monoisotopic (exact) mass is 435 g/mol. The van der Waals surface area contributed by atoms with Gasteiger partial charge in [-0.1, -0.05) is 0 Å². The molecule has 162 valence electrons. The van der Waals surface area contributed by atoms with E-state index in [0.29, 0.717) is 18.5 Å². The van der Waals surface area contributed by atoms with Crippen molar-refractivity contribution < 1.29 is 35.9 Å². The van der Waals surface area contributed by atoms with Crippen molar-refractivity contribution in [2.45, 2.75) is 25.2 Å². The van der Waals surface area contributed by atoms with E-state index < -0.39 is 52.7 Å². The Morgan fingerprint density at radius 1 is 1.00 bits per heavy atom. The summed E-state index contributed by atoms with van der Waals surface area (Å²) in [6.45, 7) is 0.0703. The fourth-order valence-corrected chi connectivity index (χ4v) is 3.17. The van der Waals surface area contributed by atoms with Gasteiger partial charge in [0.15, 0.2) is 11.5 Å². The van der Waals surface area contributed by atoms with E-state index in [0.717, 1.165) is 11.0 Å². The van der Waals surface area contributed by atoms with E-state index in [9.17, 15) is 35.9 Å². The summed E-state index contributed by atoms with van der Waals surface area (Å²) in [6.07, 6.45) is -8.22. The van der Waals surface area contributed by atoms with Gasteiger partial charge in [0.2, 0.25) is 5.91 Å². The summed E-state index contributed by atoms with van der Waals surface area (Å²) in [5, 5.41) is 3.54. The number of halogens is 6. The van der Waals surface area contributed by atoms with Crippen molar-refractivity contribution in [2.24, 2.45) is 11.7 Å². The van der Waals surface area contributed by atoms with Gasteiger partial charge in [-0.25, -0.2) is 9.67 Å². The highest BCUT2D eigenvalue weighted by Gasteiger charge is 2.42. The molecule has 0 bridgehead atoms. The second-order valence-corrected chi connectivity index (χ2v) is 6.69. The van der Waals surface area contributed by atoms with Crippen LogP contribution >= 0.6 is 0 Å². The summed E-state index contributed by atoms with van der Waals surface area (Å²) in [7, 11) is 0. The quantitative estimate of drug-likeness (QED) is 0.751. The van der Waals surface area contributed by atoms with Crippen LogP contribution in [0.4, 0.5) is 26.3 Å². The molecule has 0 aliphatic carbocycles. The number of likely N-dealkylation sites (tertiary alicyclic amines) is 1. The smallest absolute Gasteiger partial charge is 0.369 e. The molecule has 2 N–H and O–H groups in total. The van der Waals surface area contributed by atoms with Crippen LogP contribution in [0.25, 0.3) is 5.82 Å². The summed E-state index contributed by atoms with van der Waals surface area (Å²) in [5.41, 5.74) is 1.86. The number of hydrogen-bond donors (Lipinski definition) is 1. The molecule has 0 radical (unpaired) electrons. The lowest BCUT2D eigenvalue weighted by Crippen LogP contribution is -2.42. The molecular formula is C17H15F6N5O2. The zero-order valence-corrected chi connectivity index (χ0v) is 15.2. The average molecular weight is 435 g/mol. The van der Waals surface area contributed by atoms with E-state index >= 15 is 0 Å². The Labute approximate surface area is 165 Å². The first-order chi connectivity index (χ1) is 13.9. The SMILES string of the molecule is NC(=O)C1CCN(C(=O)c2cnn(-c3ccc(C(F)(F)F)cn3)c2C(F)(F)F)CC1. The summed E-state index contributed by atoms with van der Waals surface area (Å²) >= 11 is 0. The molecule has 2 aromatic rings. The number of primary amides is 1. The highest BCUT2D eigenvalue weighted by molar-refractivity contribution is 5.95. The molecular weight excluding hydrogens is 420 g/mol. The lowest BCUT2D eigenvalue weighted by molar-refractivity contribution is -0.143. The molecule has 1 saturated heterocycles. The third kappa shape index (κ3) is 4.24. The van der Waals surface area contributed by atoms with Crippen molar-refractivity contribution in [3.8, 4) is 5.82 Å². The van der Waals surface area contributed by atoms with Crippen LogP contribution in [0.3, 0.4) is 0 Å². The molecule has 2 amide bonds. The maximum atomic E-state index is 13.7. The Morgan fingerprint density at radius 3 is 2.10 bits per heavy atom.